The summed E-state index contributed by atoms with van der Waals surface area (Å²) in [4.78, 5) is 12.9. The highest BCUT2D eigenvalue weighted by atomic mass is 32.2. The Morgan fingerprint density at radius 1 is 1.00 bits per heavy atom. The van der Waals surface area contributed by atoms with Crippen molar-refractivity contribution >= 4 is 38.8 Å². The summed E-state index contributed by atoms with van der Waals surface area (Å²) in [6.45, 7) is 0.211. The van der Waals surface area contributed by atoms with Gasteiger partial charge in [-0.25, -0.2) is 5.01 Å². The van der Waals surface area contributed by atoms with Crippen LogP contribution in [0, 0.1) is 0 Å². The first-order chi connectivity index (χ1) is 17.0. The molecule has 35 heavy (non-hydrogen) atoms. The number of hydrogen-bond donors (Lipinski definition) is 1. The second-order valence-electron chi connectivity index (χ2n) is 8.97. The first kappa shape index (κ1) is 23.2. The second-order valence-corrected chi connectivity index (χ2v) is 10.5. The number of fused-ring (bicyclic) bond motifs is 2. The van der Waals surface area contributed by atoms with Crippen LogP contribution in [0.5, 0.6) is 0 Å². The minimum atomic E-state index is -3.81. The number of hydrogen-bond acceptors (Lipinski definition) is 5. The molecular formula is C27H28N4O3S. The normalized spacial score (nSPS) is 17.3. The fraction of sp³-hybridized carbons (Fsp3) is 0.296. The zero-order valence-corrected chi connectivity index (χ0v) is 20.2. The highest BCUT2D eigenvalue weighted by molar-refractivity contribution is 7.90. The zero-order chi connectivity index (χ0) is 24.3. The lowest BCUT2D eigenvalue weighted by Crippen LogP contribution is -2.38. The lowest BCUT2D eigenvalue weighted by molar-refractivity contribution is -0.122. The quantitative estimate of drug-likeness (QED) is 0.410. The number of rotatable bonds is 6. The summed E-state index contributed by atoms with van der Waals surface area (Å²) in [6.07, 6.45) is 7.40. The summed E-state index contributed by atoms with van der Waals surface area (Å²) >= 11 is 0. The molecule has 7 nitrogen and oxygen atoms in total. The molecule has 1 aliphatic carbocycles. The molecule has 1 saturated carbocycles. The maximum atomic E-state index is 12.7. The average Bonchev–Trinajstić information content (AvgIpc) is 3.15. The van der Waals surface area contributed by atoms with E-state index < -0.39 is 10.0 Å². The number of carbonyl (C=O) groups is 1. The summed E-state index contributed by atoms with van der Waals surface area (Å²) in [5.41, 5.74) is 1.39. The molecule has 1 heterocycles. The molecule has 3 aromatic carbocycles. The molecule has 180 valence electrons. The van der Waals surface area contributed by atoms with Crippen molar-refractivity contribution in [3.05, 3.63) is 77.9 Å². The van der Waals surface area contributed by atoms with Crippen molar-refractivity contribution in [2.75, 3.05) is 6.54 Å². The van der Waals surface area contributed by atoms with E-state index in [1.807, 2.05) is 42.5 Å². The van der Waals surface area contributed by atoms with Gasteiger partial charge in [-0.1, -0.05) is 73.9 Å². The smallest absolute Gasteiger partial charge is 0.285 e. The van der Waals surface area contributed by atoms with Crippen molar-refractivity contribution in [3.63, 3.8) is 0 Å². The van der Waals surface area contributed by atoms with Crippen LogP contribution in [0.25, 0.3) is 10.8 Å². The lowest BCUT2D eigenvalue weighted by Gasteiger charge is -2.24. The third kappa shape index (κ3) is 5.12. The Balaban J connectivity index is 1.43. The van der Waals surface area contributed by atoms with Gasteiger partial charge in [0.05, 0.1) is 12.8 Å². The number of amidine groups is 1. The molecule has 5 rings (SSSR count). The number of sulfonamides is 1. The Kier molecular flexibility index (Phi) is 6.63. The molecule has 0 aromatic heterocycles. The average molecular weight is 489 g/mol. The minimum absolute atomic E-state index is 0.0583. The Morgan fingerprint density at radius 3 is 2.60 bits per heavy atom. The number of amides is 1. The van der Waals surface area contributed by atoms with Crippen LogP contribution in [0.3, 0.4) is 0 Å². The first-order valence-electron chi connectivity index (χ1n) is 12.0. The molecule has 0 saturated heterocycles. The van der Waals surface area contributed by atoms with Gasteiger partial charge in [-0.2, -0.15) is 13.5 Å². The number of nitrogens with zero attached hydrogens (tertiary/aromatic N) is 3. The van der Waals surface area contributed by atoms with Gasteiger partial charge in [-0.3, -0.25) is 4.79 Å². The van der Waals surface area contributed by atoms with Crippen LogP contribution in [0.1, 0.15) is 49.7 Å². The molecule has 8 heteroatoms. The number of nitrogens with one attached hydrogen (secondary N) is 1. The van der Waals surface area contributed by atoms with Gasteiger partial charge in [0.1, 0.15) is 4.90 Å². The molecule has 1 aliphatic heterocycles. The van der Waals surface area contributed by atoms with Crippen molar-refractivity contribution < 1.29 is 13.2 Å². The molecule has 1 N–H and O–H groups in total. The highest BCUT2D eigenvalue weighted by Crippen LogP contribution is 2.28. The van der Waals surface area contributed by atoms with Gasteiger partial charge in [0.2, 0.25) is 5.91 Å². The van der Waals surface area contributed by atoms with Crippen LogP contribution in [0.4, 0.5) is 0 Å². The molecule has 0 unspecified atom stereocenters. The summed E-state index contributed by atoms with van der Waals surface area (Å²) in [5.74, 6) is 0.180. The van der Waals surface area contributed by atoms with E-state index in [1.54, 1.807) is 30.5 Å². The van der Waals surface area contributed by atoms with Crippen molar-refractivity contribution in [1.29, 1.82) is 0 Å². The standard InChI is InChI=1S/C27H28N4O3S/c32-26(29-22-12-2-1-3-13-22)17-18-31(27-24-15-6-7-16-25(24)35(33,34)30-27)28-19-21-11-8-10-20-9-4-5-14-23(20)21/h4-11,14-16,19,22H,1-3,12-13,17-18H2,(H,29,32)/b28-19-. The first-order valence-corrected chi connectivity index (χ1v) is 13.5. The predicted molar refractivity (Wildman–Crippen MR) is 138 cm³/mol. The van der Waals surface area contributed by atoms with Gasteiger partial charge in [-0.05, 0) is 35.7 Å². The third-order valence-electron chi connectivity index (χ3n) is 6.54. The van der Waals surface area contributed by atoms with Gasteiger partial charge in [0, 0.05) is 23.6 Å². The van der Waals surface area contributed by atoms with Crippen molar-refractivity contribution in [3.8, 4) is 0 Å². The summed E-state index contributed by atoms with van der Waals surface area (Å²) in [5, 5.41) is 11.4. The SMILES string of the molecule is O=C(CCN(/N=C\c1cccc2ccccc12)C1=NS(=O)(=O)c2ccccc21)NC1CCCCC1. The molecule has 0 atom stereocenters. The van der Waals surface area contributed by atoms with Crippen LogP contribution >= 0.6 is 0 Å². The Labute approximate surface area is 205 Å². The van der Waals surface area contributed by atoms with Crippen LogP contribution in [-0.2, 0) is 14.8 Å². The number of carbonyl (C=O) groups excluding carboxylic acids is 1. The summed E-state index contributed by atoms with van der Waals surface area (Å²) in [7, 11) is -3.81. The van der Waals surface area contributed by atoms with E-state index in [0.717, 1.165) is 42.0 Å². The van der Waals surface area contributed by atoms with E-state index in [1.165, 1.54) is 11.4 Å². The Morgan fingerprint density at radius 2 is 1.74 bits per heavy atom. The maximum absolute atomic E-state index is 12.7. The molecule has 0 spiro atoms. The monoisotopic (exact) mass is 488 g/mol. The van der Waals surface area contributed by atoms with E-state index in [-0.39, 0.29) is 35.6 Å². The van der Waals surface area contributed by atoms with Crippen molar-refractivity contribution in [2.24, 2.45) is 9.50 Å². The van der Waals surface area contributed by atoms with Gasteiger partial charge in [0.15, 0.2) is 5.84 Å². The van der Waals surface area contributed by atoms with Crippen LogP contribution in [0.2, 0.25) is 0 Å². The van der Waals surface area contributed by atoms with Crippen LogP contribution in [0.15, 0.2) is 81.1 Å². The number of hydrazone groups is 1. The highest BCUT2D eigenvalue weighted by Gasteiger charge is 2.32. The van der Waals surface area contributed by atoms with Crippen LogP contribution < -0.4 is 5.32 Å². The fourth-order valence-corrected chi connectivity index (χ4v) is 5.95. The molecule has 1 amide bonds. The van der Waals surface area contributed by atoms with E-state index in [4.69, 9.17) is 0 Å². The van der Waals surface area contributed by atoms with Gasteiger partial charge in [0.25, 0.3) is 10.0 Å². The molecular weight excluding hydrogens is 460 g/mol. The summed E-state index contributed by atoms with van der Waals surface area (Å²) < 4.78 is 29.4. The van der Waals surface area contributed by atoms with Crippen molar-refractivity contribution in [1.82, 2.24) is 10.3 Å². The molecule has 0 bridgehead atoms. The lowest BCUT2D eigenvalue weighted by atomic mass is 9.95. The van der Waals surface area contributed by atoms with Crippen LogP contribution in [-0.4, -0.2) is 44.0 Å². The molecule has 3 aromatic rings. The van der Waals surface area contributed by atoms with E-state index >= 15 is 0 Å². The Bertz CT molecular complexity index is 1400. The van der Waals surface area contributed by atoms with E-state index in [2.05, 4.69) is 14.8 Å². The van der Waals surface area contributed by atoms with E-state index in [9.17, 15) is 13.2 Å². The summed E-state index contributed by atoms with van der Waals surface area (Å²) in [6, 6.07) is 20.9. The molecule has 2 aliphatic rings. The van der Waals surface area contributed by atoms with Crippen molar-refractivity contribution in [2.45, 2.75) is 49.5 Å². The minimum Gasteiger partial charge on any atom is -0.353 e. The largest absolute Gasteiger partial charge is 0.353 e. The fourth-order valence-electron chi connectivity index (χ4n) is 4.74. The number of benzene rings is 3. The second kappa shape index (κ2) is 10.00. The zero-order valence-electron chi connectivity index (χ0n) is 19.4. The van der Waals surface area contributed by atoms with Gasteiger partial charge < -0.3 is 5.32 Å². The predicted octanol–water partition coefficient (Wildman–Crippen LogP) is 4.46. The van der Waals surface area contributed by atoms with Gasteiger partial charge >= 0.3 is 0 Å². The molecule has 0 radical (unpaired) electrons. The third-order valence-corrected chi connectivity index (χ3v) is 7.86. The van der Waals surface area contributed by atoms with Gasteiger partial charge in [-0.15, -0.1) is 4.40 Å². The Hall–Kier alpha value is -3.52. The maximum Gasteiger partial charge on any atom is 0.285 e. The molecule has 1 fully saturated rings. The van der Waals surface area contributed by atoms with E-state index in [0.29, 0.717) is 5.56 Å². The topological polar surface area (TPSA) is 91.2 Å².